The van der Waals surface area contributed by atoms with Crippen molar-refractivity contribution in [2.45, 2.75) is 18.9 Å². The van der Waals surface area contributed by atoms with E-state index in [4.69, 9.17) is 9.15 Å². The summed E-state index contributed by atoms with van der Waals surface area (Å²) in [5.74, 6) is 0.794. The molecule has 0 saturated carbocycles. The van der Waals surface area contributed by atoms with Gasteiger partial charge in [0.15, 0.2) is 6.61 Å². The van der Waals surface area contributed by atoms with E-state index in [9.17, 15) is 14.4 Å². The zero-order chi connectivity index (χ0) is 23.9. The number of piperidine rings is 1. The Bertz CT molecular complexity index is 1540. The minimum atomic E-state index is -0.441. The second-order valence-electron chi connectivity index (χ2n) is 9.29. The molecule has 35 heavy (non-hydrogen) atoms. The number of nitrogens with zero attached hydrogens (tertiary/aromatic N) is 2. The van der Waals surface area contributed by atoms with Crippen molar-refractivity contribution < 1.29 is 13.9 Å². The molecule has 4 aromatic rings. The van der Waals surface area contributed by atoms with Crippen LogP contribution in [0.2, 0.25) is 0 Å². The van der Waals surface area contributed by atoms with Gasteiger partial charge in [0.25, 0.3) is 11.5 Å². The molecule has 2 aromatic heterocycles. The Balaban J connectivity index is 1.19. The minimum absolute atomic E-state index is 0.0266. The Morgan fingerprint density at radius 1 is 0.943 bits per heavy atom. The van der Waals surface area contributed by atoms with Crippen molar-refractivity contribution in [3.8, 4) is 16.9 Å². The minimum Gasteiger partial charge on any atom is -0.484 e. The normalized spacial score (nSPS) is 18.8. The van der Waals surface area contributed by atoms with E-state index in [1.54, 1.807) is 24.3 Å². The van der Waals surface area contributed by atoms with Gasteiger partial charge in [-0.25, -0.2) is 4.79 Å². The third-order valence-corrected chi connectivity index (χ3v) is 7.00. The lowest BCUT2D eigenvalue weighted by molar-refractivity contribution is -0.136. The predicted molar refractivity (Wildman–Crippen MR) is 132 cm³/mol. The molecule has 2 atom stereocenters. The lowest BCUT2D eigenvalue weighted by Gasteiger charge is -2.42. The smallest absolute Gasteiger partial charge is 0.336 e. The van der Waals surface area contributed by atoms with Gasteiger partial charge in [0, 0.05) is 54.8 Å². The van der Waals surface area contributed by atoms with Crippen molar-refractivity contribution >= 4 is 16.9 Å². The molecule has 2 aromatic carbocycles. The van der Waals surface area contributed by atoms with Crippen LogP contribution < -0.4 is 15.9 Å². The number of ether oxygens (including phenoxy) is 1. The molecule has 2 aliphatic heterocycles. The molecule has 2 bridgehead atoms. The van der Waals surface area contributed by atoms with E-state index in [1.165, 1.54) is 6.07 Å². The fourth-order valence-electron chi connectivity index (χ4n) is 5.43. The van der Waals surface area contributed by atoms with Crippen LogP contribution in [0.5, 0.6) is 5.75 Å². The number of benzene rings is 2. The molecule has 176 valence electrons. The van der Waals surface area contributed by atoms with Gasteiger partial charge < -0.3 is 18.6 Å². The quantitative estimate of drug-likeness (QED) is 0.427. The molecule has 4 heterocycles. The summed E-state index contributed by atoms with van der Waals surface area (Å²) < 4.78 is 13.1. The second kappa shape index (κ2) is 8.58. The van der Waals surface area contributed by atoms with Crippen LogP contribution in [0.4, 0.5) is 0 Å². The fraction of sp³-hybridized carbons (Fsp3) is 0.250. The highest BCUT2D eigenvalue weighted by Crippen LogP contribution is 2.35. The van der Waals surface area contributed by atoms with Gasteiger partial charge in [-0.1, -0.05) is 36.4 Å². The van der Waals surface area contributed by atoms with Gasteiger partial charge in [0.1, 0.15) is 11.3 Å². The van der Waals surface area contributed by atoms with Crippen LogP contribution in [0.25, 0.3) is 22.1 Å². The summed E-state index contributed by atoms with van der Waals surface area (Å²) in [7, 11) is 0. The largest absolute Gasteiger partial charge is 0.484 e. The Morgan fingerprint density at radius 2 is 1.80 bits per heavy atom. The summed E-state index contributed by atoms with van der Waals surface area (Å²) in [4.78, 5) is 39.2. The van der Waals surface area contributed by atoms with Gasteiger partial charge in [-0.15, -0.1) is 0 Å². The zero-order valence-electron chi connectivity index (χ0n) is 19.1. The summed E-state index contributed by atoms with van der Waals surface area (Å²) in [6, 6.07) is 21.8. The van der Waals surface area contributed by atoms with Crippen molar-refractivity contribution in [3.05, 3.63) is 99.3 Å². The highest BCUT2D eigenvalue weighted by molar-refractivity contribution is 5.93. The molecular weight excluding hydrogens is 444 g/mol. The third kappa shape index (κ3) is 4.03. The van der Waals surface area contributed by atoms with E-state index in [2.05, 4.69) is 0 Å². The Kier molecular flexibility index (Phi) is 5.25. The molecule has 1 amide bonds. The molecule has 7 nitrogen and oxygen atoms in total. The maximum atomic E-state index is 13.0. The summed E-state index contributed by atoms with van der Waals surface area (Å²) in [5, 5.41) is 0.798. The van der Waals surface area contributed by atoms with Gasteiger partial charge >= 0.3 is 5.63 Å². The number of fused-ring (bicyclic) bond motifs is 5. The lowest BCUT2D eigenvalue weighted by Crippen LogP contribution is -2.50. The molecular formula is C28H24N2O5. The second-order valence-corrected chi connectivity index (χ2v) is 9.29. The molecule has 7 heteroatoms. The molecule has 6 rings (SSSR count). The van der Waals surface area contributed by atoms with Crippen LogP contribution in [0, 0.1) is 5.92 Å². The first kappa shape index (κ1) is 21.4. The summed E-state index contributed by atoms with van der Waals surface area (Å²) >= 11 is 0. The van der Waals surface area contributed by atoms with Gasteiger partial charge in [0.2, 0.25) is 0 Å². The monoisotopic (exact) mass is 468 g/mol. The molecule has 0 spiro atoms. The summed E-state index contributed by atoms with van der Waals surface area (Å²) in [5.41, 5.74) is 2.72. The fourth-order valence-corrected chi connectivity index (χ4v) is 5.43. The number of amides is 1. The molecule has 0 unspecified atom stereocenters. The summed E-state index contributed by atoms with van der Waals surface area (Å²) in [6.45, 7) is 1.74. The van der Waals surface area contributed by atoms with Crippen LogP contribution in [0.15, 0.2) is 86.8 Å². The Labute approximate surface area is 201 Å². The average Bonchev–Trinajstić information content (AvgIpc) is 2.87. The first-order valence-corrected chi connectivity index (χ1v) is 11.8. The van der Waals surface area contributed by atoms with Crippen LogP contribution >= 0.6 is 0 Å². The molecule has 0 aliphatic carbocycles. The van der Waals surface area contributed by atoms with Crippen LogP contribution in [0.3, 0.4) is 0 Å². The predicted octanol–water partition coefficient (Wildman–Crippen LogP) is 3.65. The number of likely N-dealkylation sites (tertiary alicyclic amines) is 1. The van der Waals surface area contributed by atoms with Crippen molar-refractivity contribution in [1.82, 2.24) is 9.47 Å². The standard InChI is InChI=1S/C28H24N2O5/c31-26-8-4-7-24-20-11-18(15-30(24)26)14-29(16-20)27(32)17-34-21-9-10-22-23(19-5-2-1-3-6-19)13-28(33)35-25(22)12-21/h1-10,12-13,18,20H,11,14-17H2/t18-,20+/m1/s1. The zero-order valence-corrected chi connectivity index (χ0v) is 19.1. The number of rotatable bonds is 4. The van der Waals surface area contributed by atoms with Gasteiger partial charge in [0.05, 0.1) is 0 Å². The SMILES string of the molecule is O=C(COc1ccc2c(-c3ccccc3)cc(=O)oc2c1)N1C[C@H]2C[C@@H](C1)c1cccc(=O)n1C2. The van der Waals surface area contributed by atoms with Crippen molar-refractivity contribution in [2.24, 2.45) is 5.92 Å². The maximum Gasteiger partial charge on any atom is 0.336 e. The number of carbonyl (C=O) groups is 1. The molecule has 0 radical (unpaired) electrons. The Hall–Kier alpha value is -4.13. The average molecular weight is 469 g/mol. The topological polar surface area (TPSA) is 81.8 Å². The van der Waals surface area contributed by atoms with E-state index in [0.29, 0.717) is 31.0 Å². The molecule has 0 N–H and O–H groups in total. The molecule has 1 saturated heterocycles. The third-order valence-electron chi connectivity index (χ3n) is 7.00. The van der Waals surface area contributed by atoms with E-state index < -0.39 is 5.63 Å². The first-order chi connectivity index (χ1) is 17.0. The van der Waals surface area contributed by atoms with E-state index in [-0.39, 0.29) is 29.9 Å². The molecule has 1 fully saturated rings. The highest BCUT2D eigenvalue weighted by Gasteiger charge is 2.36. The summed E-state index contributed by atoms with van der Waals surface area (Å²) in [6.07, 6.45) is 0.988. The highest BCUT2D eigenvalue weighted by atomic mass is 16.5. The van der Waals surface area contributed by atoms with E-state index in [1.807, 2.05) is 51.9 Å². The molecule has 2 aliphatic rings. The number of aromatic nitrogens is 1. The van der Waals surface area contributed by atoms with Crippen molar-refractivity contribution in [1.29, 1.82) is 0 Å². The van der Waals surface area contributed by atoms with E-state index in [0.717, 1.165) is 28.6 Å². The lowest BCUT2D eigenvalue weighted by atomic mass is 9.83. The number of hydrogen-bond acceptors (Lipinski definition) is 5. The van der Waals surface area contributed by atoms with Gasteiger partial charge in [-0.3, -0.25) is 9.59 Å². The van der Waals surface area contributed by atoms with E-state index >= 15 is 0 Å². The van der Waals surface area contributed by atoms with Crippen molar-refractivity contribution in [3.63, 3.8) is 0 Å². The number of hydrogen-bond donors (Lipinski definition) is 0. The maximum absolute atomic E-state index is 13.0. The van der Waals surface area contributed by atoms with Crippen LogP contribution in [0.1, 0.15) is 18.0 Å². The number of pyridine rings is 1. The van der Waals surface area contributed by atoms with Crippen LogP contribution in [-0.4, -0.2) is 35.1 Å². The first-order valence-electron chi connectivity index (χ1n) is 11.8. The van der Waals surface area contributed by atoms with Gasteiger partial charge in [-0.2, -0.15) is 0 Å². The van der Waals surface area contributed by atoms with Crippen LogP contribution in [-0.2, 0) is 11.3 Å². The van der Waals surface area contributed by atoms with Crippen molar-refractivity contribution in [2.75, 3.05) is 19.7 Å². The van der Waals surface area contributed by atoms with Gasteiger partial charge in [-0.05, 0) is 41.7 Å². The Morgan fingerprint density at radius 3 is 2.66 bits per heavy atom. The number of carbonyl (C=O) groups excluding carboxylic acids is 1.